The van der Waals surface area contributed by atoms with Crippen molar-refractivity contribution in [2.24, 2.45) is 0 Å². The van der Waals surface area contributed by atoms with Gasteiger partial charge in [0.05, 0.1) is 41.5 Å². The summed E-state index contributed by atoms with van der Waals surface area (Å²) in [5, 5.41) is 22.5. The van der Waals surface area contributed by atoms with E-state index in [4.69, 9.17) is 20.9 Å². The quantitative estimate of drug-likeness (QED) is 0.202. The van der Waals surface area contributed by atoms with Crippen molar-refractivity contribution in [3.8, 4) is 11.3 Å². The maximum Gasteiger partial charge on any atom is 0.416 e. The summed E-state index contributed by atoms with van der Waals surface area (Å²) in [6.45, 7) is 1.64. The molecule has 43 heavy (non-hydrogen) atoms. The van der Waals surface area contributed by atoms with E-state index in [1.54, 1.807) is 29.2 Å². The number of rotatable bonds is 7. The lowest BCUT2D eigenvalue weighted by Crippen LogP contribution is -2.38. The number of nitrogens with zero attached hydrogens (tertiary/aromatic N) is 5. The number of aromatic nitrogens is 4. The van der Waals surface area contributed by atoms with Crippen molar-refractivity contribution >= 4 is 23.2 Å². The molecule has 1 fully saturated rings. The van der Waals surface area contributed by atoms with E-state index in [2.05, 4.69) is 15.5 Å². The zero-order chi connectivity index (χ0) is 31.1. The number of ether oxygens (including phenoxy) is 1. The third-order valence-corrected chi connectivity index (χ3v) is 7.00. The summed E-state index contributed by atoms with van der Waals surface area (Å²) in [5.41, 5.74) is -3.50. The second-order valence-electron chi connectivity index (χ2n) is 9.69. The van der Waals surface area contributed by atoms with Crippen LogP contribution in [0.25, 0.3) is 11.3 Å². The Balaban J connectivity index is 1.64. The average Bonchev–Trinajstić information content (AvgIpc) is 3.57. The van der Waals surface area contributed by atoms with E-state index < -0.39 is 41.9 Å². The molecule has 4 aromatic rings. The number of carbonyl (C=O) groups is 1. The molecular weight excluding hydrogens is 608 g/mol. The number of morpholine rings is 1. The number of aliphatic hydroxyl groups excluding tert-OH is 1. The molecule has 0 bridgehead atoms. The summed E-state index contributed by atoms with van der Waals surface area (Å²) in [4.78, 5) is 15.8. The Morgan fingerprint density at radius 3 is 2.26 bits per heavy atom. The van der Waals surface area contributed by atoms with Gasteiger partial charge >= 0.3 is 12.4 Å². The normalized spacial score (nSPS) is 15.1. The highest BCUT2D eigenvalue weighted by atomic mass is 35.5. The van der Waals surface area contributed by atoms with Gasteiger partial charge in [-0.2, -0.15) is 26.3 Å². The number of hydrogen-bond acceptors (Lipinski definition) is 8. The van der Waals surface area contributed by atoms with Crippen LogP contribution in [0, 0.1) is 0 Å². The van der Waals surface area contributed by atoms with E-state index in [0.29, 0.717) is 17.7 Å². The Kier molecular flexibility index (Phi) is 8.24. The fraction of sp³-hybridized carbons (Fsp3) is 0.333. The van der Waals surface area contributed by atoms with Gasteiger partial charge in [-0.1, -0.05) is 40.2 Å². The van der Waals surface area contributed by atoms with Crippen LogP contribution in [0.2, 0.25) is 5.02 Å². The third kappa shape index (κ3) is 6.24. The molecule has 1 N–H and O–H groups in total. The smallest absolute Gasteiger partial charge is 0.385 e. The minimum Gasteiger partial charge on any atom is -0.385 e. The van der Waals surface area contributed by atoms with Crippen molar-refractivity contribution in [3.63, 3.8) is 0 Å². The Bertz CT molecular complexity index is 1610. The van der Waals surface area contributed by atoms with Crippen LogP contribution in [0.15, 0.2) is 47.0 Å². The lowest BCUT2D eigenvalue weighted by molar-refractivity contribution is -0.143. The summed E-state index contributed by atoms with van der Waals surface area (Å²) < 4.78 is 92.8. The van der Waals surface area contributed by atoms with Crippen LogP contribution in [0.4, 0.5) is 32.2 Å². The summed E-state index contributed by atoms with van der Waals surface area (Å²) in [7, 11) is 0. The van der Waals surface area contributed by atoms with Gasteiger partial charge < -0.3 is 19.3 Å². The number of benzene rings is 2. The van der Waals surface area contributed by atoms with Crippen molar-refractivity contribution in [1.29, 1.82) is 0 Å². The van der Waals surface area contributed by atoms with Crippen molar-refractivity contribution in [2.75, 3.05) is 31.2 Å². The number of carbonyl (C=O) groups excluding carboxylic acids is 1. The van der Waals surface area contributed by atoms with Gasteiger partial charge in [-0.3, -0.25) is 4.79 Å². The molecule has 9 nitrogen and oxygen atoms in total. The first-order valence-corrected chi connectivity index (χ1v) is 13.1. The van der Waals surface area contributed by atoms with E-state index in [-0.39, 0.29) is 71.5 Å². The maximum absolute atomic E-state index is 14.1. The van der Waals surface area contributed by atoms with Gasteiger partial charge in [-0.15, -0.1) is 5.10 Å². The molecule has 1 aliphatic heterocycles. The molecule has 1 atom stereocenters. The first kappa shape index (κ1) is 30.5. The largest absolute Gasteiger partial charge is 0.416 e. The van der Waals surface area contributed by atoms with Gasteiger partial charge in [0.25, 0.3) is 0 Å². The molecule has 3 heterocycles. The fourth-order valence-electron chi connectivity index (χ4n) is 4.70. The molecule has 5 rings (SSSR count). The standard InChI is InChI=1S/C27H22ClF6N5O4/c1-14(40)24-20(21(36-43-24)18-4-2-3-5-19(18)28)23(41)22-25(38-6-8-42-9-7-38)39(37-35-22)13-15-10-16(26(29,30)31)12-17(11-15)27(32,33)34/h2-5,10-12,14,40H,6-9,13H2,1H3. The summed E-state index contributed by atoms with van der Waals surface area (Å²) in [6, 6.07) is 7.64. The summed E-state index contributed by atoms with van der Waals surface area (Å²) >= 11 is 6.34. The fourth-order valence-corrected chi connectivity index (χ4v) is 4.92. The second-order valence-corrected chi connectivity index (χ2v) is 10.1. The molecule has 1 aliphatic rings. The van der Waals surface area contributed by atoms with Crippen LogP contribution in [0.3, 0.4) is 0 Å². The molecule has 1 unspecified atom stereocenters. The highest BCUT2D eigenvalue weighted by Crippen LogP contribution is 2.38. The van der Waals surface area contributed by atoms with Crippen LogP contribution in [-0.2, 0) is 23.6 Å². The number of hydrogen-bond donors (Lipinski definition) is 1. The van der Waals surface area contributed by atoms with Gasteiger partial charge in [-0.05, 0) is 36.8 Å². The summed E-state index contributed by atoms with van der Waals surface area (Å²) in [6.07, 6.45) is -11.4. The Labute approximate surface area is 244 Å². The van der Waals surface area contributed by atoms with Crippen LogP contribution < -0.4 is 4.90 Å². The first-order chi connectivity index (χ1) is 20.3. The topological polar surface area (TPSA) is 107 Å². The van der Waals surface area contributed by atoms with E-state index in [9.17, 15) is 36.2 Å². The third-order valence-electron chi connectivity index (χ3n) is 6.67. The summed E-state index contributed by atoms with van der Waals surface area (Å²) in [5.74, 6) is -0.975. The Hall–Kier alpha value is -3.95. The molecule has 0 amide bonds. The maximum atomic E-state index is 14.1. The molecule has 228 valence electrons. The van der Waals surface area contributed by atoms with Crippen molar-refractivity contribution in [2.45, 2.75) is 31.9 Å². The molecular formula is C27H22ClF6N5O4. The zero-order valence-corrected chi connectivity index (χ0v) is 23.0. The predicted molar refractivity (Wildman–Crippen MR) is 140 cm³/mol. The van der Waals surface area contributed by atoms with Gasteiger partial charge in [0.1, 0.15) is 11.8 Å². The van der Waals surface area contributed by atoms with Gasteiger partial charge in [-0.25, -0.2) is 4.68 Å². The number of anilines is 1. The highest BCUT2D eigenvalue weighted by Gasteiger charge is 2.38. The van der Waals surface area contributed by atoms with Crippen LogP contribution >= 0.6 is 11.6 Å². The molecule has 2 aromatic heterocycles. The number of ketones is 1. The zero-order valence-electron chi connectivity index (χ0n) is 22.2. The molecule has 16 heteroatoms. The van der Waals surface area contributed by atoms with E-state index in [1.165, 1.54) is 6.92 Å². The number of aliphatic hydroxyl groups is 1. The Morgan fingerprint density at radius 1 is 1.05 bits per heavy atom. The molecule has 0 radical (unpaired) electrons. The van der Waals surface area contributed by atoms with Crippen LogP contribution in [0.1, 0.15) is 51.5 Å². The van der Waals surface area contributed by atoms with Crippen LogP contribution in [0.5, 0.6) is 0 Å². The lowest BCUT2D eigenvalue weighted by Gasteiger charge is -2.29. The Morgan fingerprint density at radius 2 is 1.67 bits per heavy atom. The van der Waals surface area contributed by atoms with E-state index in [0.717, 1.165) is 4.68 Å². The van der Waals surface area contributed by atoms with Gasteiger partial charge in [0, 0.05) is 18.7 Å². The second kappa shape index (κ2) is 11.6. The van der Waals surface area contributed by atoms with E-state index >= 15 is 0 Å². The molecule has 0 spiro atoms. The van der Waals surface area contributed by atoms with Crippen molar-refractivity contribution < 1.29 is 45.5 Å². The lowest BCUT2D eigenvalue weighted by atomic mass is 9.98. The van der Waals surface area contributed by atoms with Gasteiger partial charge in [0.2, 0.25) is 5.78 Å². The van der Waals surface area contributed by atoms with Gasteiger partial charge in [0.15, 0.2) is 17.3 Å². The molecule has 2 aromatic carbocycles. The SMILES string of the molecule is CC(O)c1onc(-c2ccccc2Cl)c1C(=O)c1nnn(Cc2cc(C(F)(F)F)cc(C(F)(F)F)c2)c1N1CCOCC1. The van der Waals surface area contributed by atoms with Crippen molar-refractivity contribution in [1.82, 2.24) is 20.2 Å². The number of alkyl halides is 6. The van der Waals surface area contributed by atoms with Crippen LogP contribution in [-0.4, -0.2) is 57.3 Å². The van der Waals surface area contributed by atoms with E-state index in [1.807, 2.05) is 0 Å². The molecule has 0 saturated carbocycles. The average molecular weight is 630 g/mol. The monoisotopic (exact) mass is 629 g/mol. The first-order valence-electron chi connectivity index (χ1n) is 12.8. The minimum atomic E-state index is -5.05. The predicted octanol–water partition coefficient (Wildman–Crippen LogP) is 5.79. The highest BCUT2D eigenvalue weighted by molar-refractivity contribution is 6.33. The molecule has 0 aliphatic carbocycles. The molecule has 1 saturated heterocycles. The van der Waals surface area contributed by atoms with Crippen molar-refractivity contribution in [3.05, 3.63) is 81.2 Å². The minimum absolute atomic E-state index is 0.00155. The number of halogens is 7.